The SMILES string of the molecule is CCN(C(=O)OC)c1ccc(F)cc1. The predicted octanol–water partition coefficient (Wildman–Crippen LogP) is 2.42. The summed E-state index contributed by atoms with van der Waals surface area (Å²) in [5.41, 5.74) is 0.626. The van der Waals surface area contributed by atoms with Crippen molar-refractivity contribution in [1.29, 1.82) is 0 Å². The van der Waals surface area contributed by atoms with Crippen LogP contribution in [0.3, 0.4) is 0 Å². The van der Waals surface area contributed by atoms with Gasteiger partial charge in [0.05, 0.1) is 7.11 Å². The Morgan fingerprint density at radius 2 is 2.00 bits per heavy atom. The molecule has 0 saturated carbocycles. The van der Waals surface area contributed by atoms with Crippen molar-refractivity contribution in [3.8, 4) is 0 Å². The van der Waals surface area contributed by atoms with Gasteiger partial charge in [-0.25, -0.2) is 9.18 Å². The number of carbonyl (C=O) groups is 1. The molecule has 0 radical (unpaired) electrons. The van der Waals surface area contributed by atoms with E-state index in [1.54, 1.807) is 0 Å². The fraction of sp³-hybridized carbons (Fsp3) is 0.300. The summed E-state index contributed by atoms with van der Waals surface area (Å²) in [6.07, 6.45) is -0.445. The summed E-state index contributed by atoms with van der Waals surface area (Å²) in [5, 5.41) is 0. The van der Waals surface area contributed by atoms with Crippen LogP contribution in [0.4, 0.5) is 14.9 Å². The molecule has 0 fully saturated rings. The predicted molar refractivity (Wildman–Crippen MR) is 51.8 cm³/mol. The van der Waals surface area contributed by atoms with Crippen molar-refractivity contribution in [3.63, 3.8) is 0 Å². The summed E-state index contributed by atoms with van der Waals surface area (Å²) in [7, 11) is 1.31. The highest BCUT2D eigenvalue weighted by atomic mass is 19.1. The first-order valence-corrected chi connectivity index (χ1v) is 4.30. The second-order valence-corrected chi connectivity index (χ2v) is 2.69. The molecule has 0 aliphatic rings. The Morgan fingerprint density at radius 3 is 2.43 bits per heavy atom. The number of benzene rings is 1. The van der Waals surface area contributed by atoms with Gasteiger partial charge in [-0.3, -0.25) is 4.90 Å². The van der Waals surface area contributed by atoms with Crippen LogP contribution in [-0.2, 0) is 4.74 Å². The Bertz CT molecular complexity index is 310. The van der Waals surface area contributed by atoms with Crippen LogP contribution >= 0.6 is 0 Å². The van der Waals surface area contributed by atoms with Crippen LogP contribution in [-0.4, -0.2) is 19.7 Å². The van der Waals surface area contributed by atoms with Gasteiger partial charge < -0.3 is 4.74 Å². The van der Waals surface area contributed by atoms with Crippen LogP contribution in [0.2, 0.25) is 0 Å². The van der Waals surface area contributed by atoms with Crippen LogP contribution in [0, 0.1) is 5.82 Å². The molecule has 3 nitrogen and oxygen atoms in total. The Balaban J connectivity index is 2.89. The van der Waals surface area contributed by atoms with Crippen LogP contribution in [0.5, 0.6) is 0 Å². The third-order valence-electron chi connectivity index (χ3n) is 1.85. The van der Waals surface area contributed by atoms with Crippen LogP contribution < -0.4 is 4.90 Å². The fourth-order valence-corrected chi connectivity index (χ4v) is 1.15. The van der Waals surface area contributed by atoms with Gasteiger partial charge in [0, 0.05) is 12.2 Å². The fourth-order valence-electron chi connectivity index (χ4n) is 1.15. The Morgan fingerprint density at radius 1 is 1.43 bits per heavy atom. The molecular formula is C10H12FNO2. The Kier molecular flexibility index (Phi) is 3.45. The molecule has 0 spiro atoms. The zero-order chi connectivity index (χ0) is 10.6. The number of carbonyl (C=O) groups excluding carboxylic acids is 1. The average molecular weight is 197 g/mol. The van der Waals surface area contributed by atoms with Crippen molar-refractivity contribution in [2.24, 2.45) is 0 Å². The van der Waals surface area contributed by atoms with E-state index in [1.165, 1.54) is 36.3 Å². The topological polar surface area (TPSA) is 29.5 Å². The zero-order valence-electron chi connectivity index (χ0n) is 8.16. The van der Waals surface area contributed by atoms with Gasteiger partial charge in [-0.15, -0.1) is 0 Å². The maximum Gasteiger partial charge on any atom is 0.413 e. The maximum atomic E-state index is 12.6. The molecule has 1 rings (SSSR count). The van der Waals surface area contributed by atoms with Gasteiger partial charge in [0.15, 0.2) is 0 Å². The van der Waals surface area contributed by atoms with Crippen LogP contribution in [0.1, 0.15) is 6.92 Å². The third-order valence-corrected chi connectivity index (χ3v) is 1.85. The van der Waals surface area contributed by atoms with E-state index in [0.717, 1.165) is 0 Å². The lowest BCUT2D eigenvalue weighted by atomic mass is 10.3. The average Bonchev–Trinajstić information content (AvgIpc) is 2.21. The van der Waals surface area contributed by atoms with Gasteiger partial charge in [0.1, 0.15) is 5.82 Å². The summed E-state index contributed by atoms with van der Waals surface area (Å²) in [5.74, 6) is -0.324. The lowest BCUT2D eigenvalue weighted by Gasteiger charge is -2.18. The van der Waals surface area contributed by atoms with E-state index in [-0.39, 0.29) is 5.82 Å². The zero-order valence-corrected chi connectivity index (χ0v) is 8.16. The monoisotopic (exact) mass is 197 g/mol. The molecule has 14 heavy (non-hydrogen) atoms. The van der Waals surface area contributed by atoms with Crippen molar-refractivity contribution in [2.75, 3.05) is 18.6 Å². The van der Waals surface area contributed by atoms with E-state index < -0.39 is 6.09 Å². The van der Waals surface area contributed by atoms with Gasteiger partial charge in [-0.2, -0.15) is 0 Å². The minimum absolute atomic E-state index is 0.324. The first-order valence-electron chi connectivity index (χ1n) is 4.30. The molecule has 0 bridgehead atoms. The molecule has 0 saturated heterocycles. The molecule has 0 N–H and O–H groups in total. The number of amides is 1. The quantitative estimate of drug-likeness (QED) is 0.728. The molecule has 0 unspecified atom stereocenters. The first-order chi connectivity index (χ1) is 6.69. The standard InChI is InChI=1S/C10H12FNO2/c1-3-12(10(13)14-2)9-6-4-8(11)5-7-9/h4-7H,3H2,1-2H3. The smallest absolute Gasteiger partial charge is 0.413 e. The highest BCUT2D eigenvalue weighted by molar-refractivity contribution is 5.87. The van der Waals surface area contributed by atoms with Gasteiger partial charge in [-0.05, 0) is 31.2 Å². The number of rotatable bonds is 2. The number of nitrogens with zero attached hydrogens (tertiary/aromatic N) is 1. The largest absolute Gasteiger partial charge is 0.452 e. The number of hydrogen-bond acceptors (Lipinski definition) is 2. The van der Waals surface area contributed by atoms with E-state index in [2.05, 4.69) is 4.74 Å². The van der Waals surface area contributed by atoms with E-state index in [1.807, 2.05) is 6.92 Å². The Hall–Kier alpha value is -1.58. The molecule has 1 aromatic rings. The lowest BCUT2D eigenvalue weighted by molar-refractivity contribution is 0.179. The maximum absolute atomic E-state index is 12.6. The molecule has 0 heterocycles. The van der Waals surface area contributed by atoms with Gasteiger partial charge >= 0.3 is 6.09 Å². The van der Waals surface area contributed by atoms with Gasteiger partial charge in [0.2, 0.25) is 0 Å². The summed E-state index contributed by atoms with van der Waals surface area (Å²) in [6.45, 7) is 2.30. The van der Waals surface area contributed by atoms with E-state index >= 15 is 0 Å². The number of anilines is 1. The number of hydrogen-bond donors (Lipinski definition) is 0. The second kappa shape index (κ2) is 4.60. The molecule has 1 amide bonds. The van der Waals surface area contributed by atoms with E-state index in [4.69, 9.17) is 0 Å². The van der Waals surface area contributed by atoms with Crippen molar-refractivity contribution < 1.29 is 13.9 Å². The molecule has 0 aliphatic heterocycles. The number of halogens is 1. The summed E-state index contributed by atoms with van der Waals surface area (Å²) in [4.78, 5) is 12.7. The molecule has 0 aliphatic carbocycles. The van der Waals surface area contributed by atoms with Crippen molar-refractivity contribution in [3.05, 3.63) is 30.1 Å². The normalized spacial score (nSPS) is 9.64. The number of methoxy groups -OCH3 is 1. The van der Waals surface area contributed by atoms with Crippen LogP contribution in [0.15, 0.2) is 24.3 Å². The summed E-state index contributed by atoms with van der Waals surface area (Å²) < 4.78 is 17.2. The number of ether oxygens (including phenoxy) is 1. The van der Waals surface area contributed by atoms with E-state index in [0.29, 0.717) is 12.2 Å². The van der Waals surface area contributed by atoms with Gasteiger partial charge in [-0.1, -0.05) is 0 Å². The Labute approximate surface area is 82.1 Å². The third kappa shape index (κ3) is 2.22. The second-order valence-electron chi connectivity index (χ2n) is 2.69. The lowest BCUT2D eigenvalue weighted by Crippen LogP contribution is -2.30. The molecular weight excluding hydrogens is 185 g/mol. The van der Waals surface area contributed by atoms with Gasteiger partial charge in [0.25, 0.3) is 0 Å². The highest BCUT2D eigenvalue weighted by Gasteiger charge is 2.13. The molecule has 0 aromatic heterocycles. The summed E-state index contributed by atoms with van der Waals surface area (Å²) >= 11 is 0. The minimum atomic E-state index is -0.445. The van der Waals surface area contributed by atoms with Crippen molar-refractivity contribution >= 4 is 11.8 Å². The molecule has 1 aromatic carbocycles. The highest BCUT2D eigenvalue weighted by Crippen LogP contribution is 2.15. The van der Waals surface area contributed by atoms with Crippen LogP contribution in [0.25, 0.3) is 0 Å². The van der Waals surface area contributed by atoms with Crippen molar-refractivity contribution in [1.82, 2.24) is 0 Å². The van der Waals surface area contributed by atoms with E-state index in [9.17, 15) is 9.18 Å². The van der Waals surface area contributed by atoms with Crippen molar-refractivity contribution in [2.45, 2.75) is 6.92 Å². The first kappa shape index (κ1) is 10.5. The molecule has 4 heteroatoms. The molecule has 76 valence electrons. The molecule has 0 atom stereocenters. The minimum Gasteiger partial charge on any atom is -0.452 e. The summed E-state index contributed by atoms with van der Waals surface area (Å²) in [6, 6.07) is 5.69.